The van der Waals surface area contributed by atoms with Crippen LogP contribution >= 0.6 is 11.6 Å². The van der Waals surface area contributed by atoms with Gasteiger partial charge in [-0.3, -0.25) is 9.79 Å². The normalized spacial score (nSPS) is 16.1. The Bertz CT molecular complexity index is 1520. The molecule has 1 aliphatic heterocycles. The second-order valence-corrected chi connectivity index (χ2v) is 8.31. The zero-order valence-corrected chi connectivity index (χ0v) is 18.1. The number of imidazole rings is 1. The van der Waals surface area contributed by atoms with Crippen LogP contribution in [0.15, 0.2) is 70.5 Å². The van der Waals surface area contributed by atoms with Gasteiger partial charge in [0.05, 0.1) is 28.0 Å². The summed E-state index contributed by atoms with van der Waals surface area (Å²) in [5, 5.41) is 3.16. The van der Waals surface area contributed by atoms with E-state index in [4.69, 9.17) is 11.6 Å². The molecule has 1 unspecified atom stereocenters. The van der Waals surface area contributed by atoms with E-state index < -0.39 is 23.7 Å². The average molecular weight is 485 g/mol. The van der Waals surface area contributed by atoms with Crippen molar-refractivity contribution in [1.82, 2.24) is 9.97 Å². The van der Waals surface area contributed by atoms with Crippen LogP contribution in [0.25, 0.3) is 11.0 Å². The number of benzene rings is 3. The number of carbonyl (C=O) groups is 1. The Balaban J connectivity index is 1.66. The molecule has 0 radical (unpaired) electrons. The number of hydrogen-bond acceptors (Lipinski definition) is 3. The maximum absolute atomic E-state index is 13.5. The maximum Gasteiger partial charge on any atom is 0.416 e. The van der Waals surface area contributed by atoms with Gasteiger partial charge in [0.1, 0.15) is 6.04 Å². The number of alkyl halides is 3. The summed E-state index contributed by atoms with van der Waals surface area (Å²) in [6.45, 7) is 0. The summed E-state index contributed by atoms with van der Waals surface area (Å²) < 4.78 is 40.6. The number of H-pyrrole nitrogens is 2. The topological polar surface area (TPSA) is 90.1 Å². The Labute approximate surface area is 195 Å². The van der Waals surface area contributed by atoms with Crippen molar-refractivity contribution in [2.45, 2.75) is 18.6 Å². The molecule has 1 atom stereocenters. The quantitative estimate of drug-likeness (QED) is 0.385. The van der Waals surface area contributed by atoms with Gasteiger partial charge in [-0.1, -0.05) is 35.9 Å². The molecule has 0 fully saturated rings. The number of fused-ring (bicyclic) bond motifs is 2. The lowest BCUT2D eigenvalue weighted by Gasteiger charge is -2.16. The number of aromatic nitrogens is 2. The first-order valence-electron chi connectivity index (χ1n) is 10.2. The van der Waals surface area contributed by atoms with Crippen molar-refractivity contribution in [3.63, 3.8) is 0 Å². The van der Waals surface area contributed by atoms with E-state index in [1.807, 2.05) is 0 Å². The summed E-state index contributed by atoms with van der Waals surface area (Å²) in [6, 6.07) is 13.9. The van der Waals surface area contributed by atoms with Crippen molar-refractivity contribution >= 4 is 39.9 Å². The van der Waals surface area contributed by atoms with Gasteiger partial charge in [-0.25, -0.2) is 4.79 Å². The van der Waals surface area contributed by atoms with Crippen LogP contribution in [0.1, 0.15) is 22.3 Å². The highest BCUT2D eigenvalue weighted by atomic mass is 35.5. The highest BCUT2D eigenvalue weighted by molar-refractivity contribution is 6.32. The number of aliphatic imine (C=N–C) groups is 1. The summed E-state index contributed by atoms with van der Waals surface area (Å²) in [4.78, 5) is 34.7. The van der Waals surface area contributed by atoms with E-state index in [2.05, 4.69) is 20.3 Å². The smallest absolute Gasteiger partial charge is 0.324 e. The molecule has 4 aromatic rings. The number of amides is 1. The minimum atomic E-state index is -4.56. The highest BCUT2D eigenvalue weighted by Crippen LogP contribution is 2.34. The molecule has 5 rings (SSSR count). The number of benzodiazepines with no additional fused rings is 1. The van der Waals surface area contributed by atoms with Crippen LogP contribution in [0.2, 0.25) is 5.02 Å². The van der Waals surface area contributed by atoms with Crippen molar-refractivity contribution in [1.29, 1.82) is 0 Å². The number of hydrogen-bond donors (Lipinski definition) is 3. The zero-order chi connectivity index (χ0) is 24.0. The lowest BCUT2D eigenvalue weighted by atomic mass is 9.98. The van der Waals surface area contributed by atoms with E-state index in [-0.39, 0.29) is 17.7 Å². The molecule has 34 heavy (non-hydrogen) atoms. The van der Waals surface area contributed by atoms with E-state index in [1.54, 1.807) is 36.4 Å². The number of carbonyl (C=O) groups excluding carboxylic acids is 1. The third-order valence-corrected chi connectivity index (χ3v) is 5.84. The van der Waals surface area contributed by atoms with Crippen molar-refractivity contribution in [3.8, 4) is 0 Å². The van der Waals surface area contributed by atoms with Gasteiger partial charge in [-0.05, 0) is 42.0 Å². The fourth-order valence-electron chi connectivity index (χ4n) is 4.05. The lowest BCUT2D eigenvalue weighted by Crippen LogP contribution is -2.28. The molecule has 0 aliphatic carbocycles. The summed E-state index contributed by atoms with van der Waals surface area (Å²) in [6.07, 6.45) is -4.82. The summed E-state index contributed by atoms with van der Waals surface area (Å²) >= 11 is 6.21. The number of aromatic amines is 2. The van der Waals surface area contributed by atoms with Crippen LogP contribution in [0, 0.1) is 0 Å². The van der Waals surface area contributed by atoms with Crippen LogP contribution in [0.4, 0.5) is 18.9 Å². The maximum atomic E-state index is 13.5. The molecular formula is C24H16ClF3N4O2. The molecule has 0 saturated carbocycles. The van der Waals surface area contributed by atoms with E-state index in [0.717, 1.165) is 6.07 Å². The number of nitrogens with one attached hydrogen (secondary N) is 3. The van der Waals surface area contributed by atoms with Gasteiger partial charge in [0, 0.05) is 22.6 Å². The monoisotopic (exact) mass is 484 g/mol. The van der Waals surface area contributed by atoms with Crippen molar-refractivity contribution < 1.29 is 18.0 Å². The molecule has 1 amide bonds. The second kappa shape index (κ2) is 8.18. The molecule has 2 heterocycles. The standard InChI is InChI=1S/C24H16ClF3N4O2/c25-14-6-8-17-15(11-14)21(13-5-7-18-19(10-13)32-23(34)31-18)29-20(22(33)30-17)9-12-3-1-2-4-16(12)24(26,27)28/h1-8,10-11,20H,9H2,(H,30,33)(H2,31,32,34). The molecule has 0 spiro atoms. The second-order valence-electron chi connectivity index (χ2n) is 7.87. The third-order valence-electron chi connectivity index (χ3n) is 5.61. The van der Waals surface area contributed by atoms with E-state index in [9.17, 15) is 22.8 Å². The van der Waals surface area contributed by atoms with Gasteiger partial charge in [0.2, 0.25) is 5.91 Å². The Morgan fingerprint density at radius 2 is 1.71 bits per heavy atom. The van der Waals surface area contributed by atoms with Crippen LogP contribution < -0.4 is 11.0 Å². The lowest BCUT2D eigenvalue weighted by molar-refractivity contribution is -0.138. The fraction of sp³-hybridized carbons (Fsp3) is 0.125. The number of nitrogens with zero attached hydrogens (tertiary/aromatic N) is 1. The van der Waals surface area contributed by atoms with Crippen molar-refractivity contribution in [2.75, 3.05) is 5.32 Å². The van der Waals surface area contributed by atoms with Crippen LogP contribution in [-0.4, -0.2) is 27.6 Å². The molecule has 1 aliphatic rings. The molecule has 172 valence electrons. The number of halogens is 4. The van der Waals surface area contributed by atoms with Gasteiger partial charge in [-0.2, -0.15) is 13.2 Å². The Morgan fingerprint density at radius 3 is 2.50 bits per heavy atom. The van der Waals surface area contributed by atoms with Gasteiger partial charge >= 0.3 is 11.9 Å². The third kappa shape index (κ3) is 4.10. The minimum Gasteiger partial charge on any atom is -0.324 e. The summed E-state index contributed by atoms with van der Waals surface area (Å²) in [5.74, 6) is -0.535. The predicted molar refractivity (Wildman–Crippen MR) is 124 cm³/mol. The summed E-state index contributed by atoms with van der Waals surface area (Å²) in [7, 11) is 0. The van der Waals surface area contributed by atoms with Gasteiger partial charge in [-0.15, -0.1) is 0 Å². The van der Waals surface area contributed by atoms with E-state index in [0.29, 0.717) is 38.6 Å². The molecule has 3 N–H and O–H groups in total. The fourth-order valence-corrected chi connectivity index (χ4v) is 4.22. The number of anilines is 1. The minimum absolute atomic E-state index is 0.0346. The Kier molecular flexibility index (Phi) is 5.28. The first kappa shape index (κ1) is 22.0. The molecule has 0 bridgehead atoms. The molecular weight excluding hydrogens is 469 g/mol. The summed E-state index contributed by atoms with van der Waals surface area (Å²) in [5.41, 5.74) is 1.77. The van der Waals surface area contributed by atoms with Gasteiger partial charge < -0.3 is 15.3 Å². The number of rotatable bonds is 3. The van der Waals surface area contributed by atoms with Crippen LogP contribution in [0.3, 0.4) is 0 Å². The zero-order valence-electron chi connectivity index (χ0n) is 17.3. The first-order valence-corrected chi connectivity index (χ1v) is 10.6. The SMILES string of the molecule is O=C1Nc2ccc(Cl)cc2C(c2ccc3[nH]c(=O)[nH]c3c2)=NC1Cc1ccccc1C(F)(F)F. The first-order chi connectivity index (χ1) is 16.2. The Hall–Kier alpha value is -3.85. The molecule has 6 nitrogen and oxygen atoms in total. The largest absolute Gasteiger partial charge is 0.416 e. The molecule has 1 aromatic heterocycles. The van der Waals surface area contributed by atoms with Gasteiger partial charge in [0.15, 0.2) is 0 Å². The average Bonchev–Trinajstić information content (AvgIpc) is 3.10. The van der Waals surface area contributed by atoms with Crippen molar-refractivity contribution in [3.05, 3.63) is 98.4 Å². The van der Waals surface area contributed by atoms with E-state index >= 15 is 0 Å². The van der Waals surface area contributed by atoms with E-state index in [1.165, 1.54) is 18.2 Å². The highest BCUT2D eigenvalue weighted by Gasteiger charge is 2.35. The molecule has 3 aromatic carbocycles. The van der Waals surface area contributed by atoms with Crippen LogP contribution in [-0.2, 0) is 17.4 Å². The van der Waals surface area contributed by atoms with Gasteiger partial charge in [0.25, 0.3) is 0 Å². The van der Waals surface area contributed by atoms with Crippen LogP contribution in [0.5, 0.6) is 0 Å². The molecule has 0 saturated heterocycles. The Morgan fingerprint density at radius 1 is 0.941 bits per heavy atom. The van der Waals surface area contributed by atoms with Crippen molar-refractivity contribution in [2.24, 2.45) is 4.99 Å². The molecule has 10 heteroatoms. The predicted octanol–water partition coefficient (Wildman–Crippen LogP) is 4.93.